The Bertz CT molecular complexity index is 524. The minimum atomic E-state index is 0.653. The Kier molecular flexibility index (Phi) is 3.72. The lowest BCUT2D eigenvalue weighted by Crippen LogP contribution is -1.89. The summed E-state index contributed by atoms with van der Waals surface area (Å²) < 4.78 is 10.4. The molecule has 2 rings (SSSR count). The maximum absolute atomic E-state index is 5.35. The van der Waals surface area contributed by atoms with Crippen LogP contribution in [0, 0.1) is 13.8 Å². The van der Waals surface area contributed by atoms with E-state index in [4.69, 9.17) is 9.26 Å². The molecule has 5 heteroatoms. The lowest BCUT2D eigenvalue weighted by Gasteiger charge is -2.01. The first-order chi connectivity index (χ1) is 8.70. The first kappa shape index (κ1) is 12.3. The Labute approximate surface area is 105 Å². The van der Waals surface area contributed by atoms with Crippen molar-refractivity contribution in [3.8, 4) is 5.75 Å². The molecule has 0 fully saturated rings. The SMILES string of the molecule is CCOc1ccc(N=Nc2c(C)noc2C)cc1. The van der Waals surface area contributed by atoms with Crippen LogP contribution in [0.15, 0.2) is 39.0 Å². The molecule has 0 spiro atoms. The standard InChI is InChI=1S/C13H15N3O2/c1-4-17-12-7-5-11(6-8-12)14-15-13-9(2)16-18-10(13)3/h5-8H,4H2,1-3H3. The number of hydrogen-bond donors (Lipinski definition) is 0. The minimum Gasteiger partial charge on any atom is -0.494 e. The van der Waals surface area contributed by atoms with Crippen LogP contribution in [0.3, 0.4) is 0 Å². The van der Waals surface area contributed by atoms with Crippen LogP contribution in [0.1, 0.15) is 18.4 Å². The van der Waals surface area contributed by atoms with E-state index in [1.165, 1.54) is 0 Å². The van der Waals surface area contributed by atoms with Gasteiger partial charge in [-0.3, -0.25) is 0 Å². The van der Waals surface area contributed by atoms with Crippen LogP contribution in [-0.4, -0.2) is 11.8 Å². The van der Waals surface area contributed by atoms with Gasteiger partial charge in [0, 0.05) is 0 Å². The van der Waals surface area contributed by atoms with Crippen molar-refractivity contribution in [2.75, 3.05) is 6.61 Å². The first-order valence-corrected chi connectivity index (χ1v) is 5.78. The summed E-state index contributed by atoms with van der Waals surface area (Å²) in [5.74, 6) is 1.50. The highest BCUT2D eigenvalue weighted by molar-refractivity contribution is 5.45. The maximum atomic E-state index is 5.35. The monoisotopic (exact) mass is 245 g/mol. The second-order valence-corrected chi connectivity index (χ2v) is 3.80. The van der Waals surface area contributed by atoms with Gasteiger partial charge in [0.25, 0.3) is 0 Å². The largest absolute Gasteiger partial charge is 0.494 e. The van der Waals surface area contributed by atoms with Crippen molar-refractivity contribution in [2.24, 2.45) is 10.2 Å². The Hall–Kier alpha value is -2.17. The number of aromatic nitrogens is 1. The van der Waals surface area contributed by atoms with Gasteiger partial charge in [0.1, 0.15) is 11.4 Å². The minimum absolute atomic E-state index is 0.653. The summed E-state index contributed by atoms with van der Waals surface area (Å²) >= 11 is 0. The number of aryl methyl sites for hydroxylation is 2. The van der Waals surface area contributed by atoms with Crippen molar-refractivity contribution in [1.82, 2.24) is 5.16 Å². The molecule has 0 saturated carbocycles. The van der Waals surface area contributed by atoms with Gasteiger partial charge in [0.2, 0.25) is 0 Å². The average Bonchev–Trinajstić information content (AvgIpc) is 2.69. The van der Waals surface area contributed by atoms with Crippen molar-refractivity contribution < 1.29 is 9.26 Å². The zero-order valence-electron chi connectivity index (χ0n) is 10.7. The second kappa shape index (κ2) is 5.44. The van der Waals surface area contributed by atoms with Crippen LogP contribution in [0.2, 0.25) is 0 Å². The Morgan fingerprint density at radius 1 is 1.17 bits per heavy atom. The zero-order valence-corrected chi connectivity index (χ0v) is 10.7. The highest BCUT2D eigenvalue weighted by atomic mass is 16.5. The molecule has 0 aliphatic carbocycles. The van der Waals surface area contributed by atoms with Crippen LogP contribution in [0.4, 0.5) is 11.4 Å². The molecule has 0 aliphatic rings. The Morgan fingerprint density at radius 2 is 1.89 bits per heavy atom. The number of nitrogens with zero attached hydrogens (tertiary/aromatic N) is 3. The van der Waals surface area contributed by atoms with E-state index in [9.17, 15) is 0 Å². The summed E-state index contributed by atoms with van der Waals surface area (Å²) in [5, 5.41) is 12.1. The van der Waals surface area contributed by atoms with E-state index >= 15 is 0 Å². The van der Waals surface area contributed by atoms with Gasteiger partial charge in [-0.15, -0.1) is 5.11 Å². The van der Waals surface area contributed by atoms with E-state index in [1.54, 1.807) is 0 Å². The number of rotatable bonds is 4. The van der Waals surface area contributed by atoms with E-state index in [2.05, 4.69) is 15.4 Å². The zero-order chi connectivity index (χ0) is 13.0. The number of benzene rings is 1. The average molecular weight is 245 g/mol. The van der Waals surface area contributed by atoms with Gasteiger partial charge in [-0.2, -0.15) is 5.11 Å². The third-order valence-electron chi connectivity index (χ3n) is 2.41. The van der Waals surface area contributed by atoms with Crippen LogP contribution < -0.4 is 4.74 Å². The Balaban J connectivity index is 2.14. The molecular weight excluding hydrogens is 230 g/mol. The third kappa shape index (κ3) is 2.74. The van der Waals surface area contributed by atoms with Crippen molar-refractivity contribution >= 4 is 11.4 Å². The van der Waals surface area contributed by atoms with Crippen molar-refractivity contribution in [3.63, 3.8) is 0 Å². The normalized spacial score (nSPS) is 11.1. The smallest absolute Gasteiger partial charge is 0.161 e. The summed E-state index contributed by atoms with van der Waals surface area (Å²) in [5.41, 5.74) is 2.18. The van der Waals surface area contributed by atoms with Crippen molar-refractivity contribution in [2.45, 2.75) is 20.8 Å². The maximum Gasteiger partial charge on any atom is 0.161 e. The Morgan fingerprint density at radius 3 is 2.44 bits per heavy atom. The number of hydrogen-bond acceptors (Lipinski definition) is 5. The molecule has 2 aromatic rings. The molecule has 0 atom stereocenters. The summed E-state index contributed by atoms with van der Waals surface area (Å²) in [4.78, 5) is 0. The lowest BCUT2D eigenvalue weighted by molar-refractivity contribution is 0.340. The molecule has 0 bridgehead atoms. The predicted molar refractivity (Wildman–Crippen MR) is 67.8 cm³/mol. The quantitative estimate of drug-likeness (QED) is 0.761. The van der Waals surface area contributed by atoms with Crippen molar-refractivity contribution in [3.05, 3.63) is 35.7 Å². The number of ether oxygens (including phenoxy) is 1. The fourth-order valence-corrected chi connectivity index (χ4v) is 1.50. The molecule has 18 heavy (non-hydrogen) atoms. The van der Waals surface area contributed by atoms with E-state index < -0.39 is 0 Å². The highest BCUT2D eigenvalue weighted by Gasteiger charge is 2.07. The molecular formula is C13H15N3O2. The van der Waals surface area contributed by atoms with Gasteiger partial charge in [-0.1, -0.05) is 5.16 Å². The molecule has 5 nitrogen and oxygen atoms in total. The molecule has 0 unspecified atom stereocenters. The van der Waals surface area contributed by atoms with E-state index in [1.807, 2.05) is 45.0 Å². The van der Waals surface area contributed by atoms with Crippen LogP contribution in [0.25, 0.3) is 0 Å². The molecule has 0 aliphatic heterocycles. The second-order valence-electron chi connectivity index (χ2n) is 3.80. The van der Waals surface area contributed by atoms with Crippen molar-refractivity contribution in [1.29, 1.82) is 0 Å². The van der Waals surface area contributed by atoms with Crippen LogP contribution in [0.5, 0.6) is 5.75 Å². The molecule has 0 N–H and O–H groups in total. The number of azo groups is 1. The molecule has 1 heterocycles. The topological polar surface area (TPSA) is 60.0 Å². The van der Waals surface area contributed by atoms with Gasteiger partial charge < -0.3 is 9.26 Å². The molecule has 1 aromatic heterocycles. The summed E-state index contributed by atoms with van der Waals surface area (Å²) in [6.07, 6.45) is 0. The molecule has 94 valence electrons. The third-order valence-corrected chi connectivity index (χ3v) is 2.41. The fourth-order valence-electron chi connectivity index (χ4n) is 1.50. The van der Waals surface area contributed by atoms with E-state index in [0.717, 1.165) is 17.1 Å². The van der Waals surface area contributed by atoms with E-state index in [0.29, 0.717) is 18.1 Å². The summed E-state index contributed by atoms with van der Waals surface area (Å²) in [6, 6.07) is 7.44. The van der Waals surface area contributed by atoms with Crippen LogP contribution >= 0.6 is 0 Å². The van der Waals surface area contributed by atoms with Gasteiger partial charge in [0.05, 0.1) is 12.3 Å². The van der Waals surface area contributed by atoms with Gasteiger partial charge in [-0.05, 0) is 45.0 Å². The van der Waals surface area contributed by atoms with E-state index in [-0.39, 0.29) is 0 Å². The fraction of sp³-hybridized carbons (Fsp3) is 0.308. The van der Waals surface area contributed by atoms with Gasteiger partial charge >= 0.3 is 0 Å². The lowest BCUT2D eigenvalue weighted by atomic mass is 10.3. The summed E-state index contributed by atoms with van der Waals surface area (Å²) in [7, 11) is 0. The highest BCUT2D eigenvalue weighted by Crippen LogP contribution is 2.26. The predicted octanol–water partition coefficient (Wildman–Crippen LogP) is 4.11. The molecule has 0 amide bonds. The summed E-state index contributed by atoms with van der Waals surface area (Å²) in [6.45, 7) is 6.25. The molecule has 0 saturated heterocycles. The van der Waals surface area contributed by atoms with Crippen LogP contribution in [-0.2, 0) is 0 Å². The molecule has 1 aromatic carbocycles. The molecule has 0 radical (unpaired) electrons. The first-order valence-electron chi connectivity index (χ1n) is 5.78. The van der Waals surface area contributed by atoms with Gasteiger partial charge in [0.15, 0.2) is 11.4 Å². The van der Waals surface area contributed by atoms with Gasteiger partial charge in [-0.25, -0.2) is 0 Å².